The predicted octanol–water partition coefficient (Wildman–Crippen LogP) is 4.79. The number of ketones is 2. The van der Waals surface area contributed by atoms with Crippen molar-refractivity contribution in [2.24, 2.45) is 10.4 Å². The highest BCUT2D eigenvalue weighted by atomic mass is 16.5. The molecule has 1 atom stereocenters. The SMILES string of the molecule is CN=C1CC(C)(C)CC(=O)C1=C(O)CCc1noc2c1C(=O)CC(c1ccccc1)C2. The fourth-order valence-electron chi connectivity index (χ4n) is 4.74. The summed E-state index contributed by atoms with van der Waals surface area (Å²) >= 11 is 0. The number of rotatable bonds is 4. The average molecular weight is 421 g/mol. The van der Waals surface area contributed by atoms with Gasteiger partial charge in [0.15, 0.2) is 11.6 Å². The van der Waals surface area contributed by atoms with E-state index in [1.54, 1.807) is 7.05 Å². The van der Waals surface area contributed by atoms with Gasteiger partial charge in [0.1, 0.15) is 11.5 Å². The number of Topliss-reactive ketones (excluding diaryl/α,β-unsaturated/α-hetero) is 2. The van der Waals surface area contributed by atoms with Crippen LogP contribution in [-0.4, -0.2) is 34.6 Å². The van der Waals surface area contributed by atoms with E-state index in [1.807, 2.05) is 44.2 Å². The van der Waals surface area contributed by atoms with Gasteiger partial charge in [-0.05, 0) is 23.3 Å². The molecule has 0 spiro atoms. The third-order valence-corrected chi connectivity index (χ3v) is 6.26. The van der Waals surface area contributed by atoms with E-state index >= 15 is 0 Å². The summed E-state index contributed by atoms with van der Waals surface area (Å²) in [6, 6.07) is 9.96. The first-order valence-electron chi connectivity index (χ1n) is 10.8. The zero-order valence-corrected chi connectivity index (χ0v) is 18.3. The minimum Gasteiger partial charge on any atom is -0.511 e. The van der Waals surface area contributed by atoms with Crippen LogP contribution in [0, 0.1) is 5.41 Å². The lowest BCUT2D eigenvalue weighted by molar-refractivity contribution is -0.117. The van der Waals surface area contributed by atoms with Gasteiger partial charge in [0.2, 0.25) is 0 Å². The number of hydrogen-bond donors (Lipinski definition) is 1. The van der Waals surface area contributed by atoms with E-state index in [1.165, 1.54) is 0 Å². The maximum absolute atomic E-state index is 12.9. The van der Waals surface area contributed by atoms with Gasteiger partial charge in [-0.25, -0.2) is 0 Å². The van der Waals surface area contributed by atoms with Gasteiger partial charge in [0.25, 0.3) is 0 Å². The van der Waals surface area contributed by atoms with Crippen LogP contribution in [-0.2, 0) is 17.6 Å². The Balaban J connectivity index is 1.52. The van der Waals surface area contributed by atoms with Gasteiger partial charge >= 0.3 is 0 Å². The molecule has 2 aliphatic carbocycles. The van der Waals surface area contributed by atoms with Gasteiger partial charge in [-0.1, -0.05) is 49.3 Å². The van der Waals surface area contributed by atoms with Gasteiger partial charge in [0.05, 0.1) is 16.8 Å². The van der Waals surface area contributed by atoms with Crippen LogP contribution in [0.5, 0.6) is 0 Å². The Bertz CT molecular complexity index is 1080. The topological polar surface area (TPSA) is 92.8 Å². The molecule has 1 aromatic carbocycles. The second-order valence-corrected chi connectivity index (χ2v) is 9.30. The van der Waals surface area contributed by atoms with Gasteiger partial charge < -0.3 is 9.63 Å². The van der Waals surface area contributed by atoms with Crippen LogP contribution in [0.15, 0.2) is 51.2 Å². The highest BCUT2D eigenvalue weighted by Crippen LogP contribution is 2.37. The number of fused-ring (bicyclic) bond motifs is 1. The van der Waals surface area contributed by atoms with Crippen LogP contribution in [0.3, 0.4) is 0 Å². The Hall–Kier alpha value is -3.02. The molecule has 0 amide bonds. The molecule has 1 N–H and O–H groups in total. The van der Waals surface area contributed by atoms with Crippen molar-refractivity contribution in [2.75, 3.05) is 7.05 Å². The number of carbonyl (C=O) groups is 2. The number of carbonyl (C=O) groups excluding carboxylic acids is 2. The Morgan fingerprint density at radius 1 is 1.16 bits per heavy atom. The maximum Gasteiger partial charge on any atom is 0.168 e. The molecule has 6 nitrogen and oxygen atoms in total. The number of aliphatic hydroxyl groups excluding tert-OH is 1. The molecule has 1 aromatic heterocycles. The molecule has 2 aliphatic rings. The number of benzene rings is 1. The molecule has 1 heterocycles. The molecular formula is C25H28N2O4. The Morgan fingerprint density at radius 3 is 2.61 bits per heavy atom. The van der Waals surface area contributed by atoms with Crippen molar-refractivity contribution in [3.63, 3.8) is 0 Å². The van der Waals surface area contributed by atoms with E-state index in [0.717, 1.165) is 5.56 Å². The normalized spacial score (nSPS) is 23.7. The number of aromatic nitrogens is 1. The standard InChI is InChI=1S/C25H28N2O4/c1-25(2)13-18(26-3)23(21(30)14-25)19(28)10-9-17-24-20(29)11-16(12-22(24)31-27-17)15-7-5-4-6-8-15/h4-8,16,28H,9-14H2,1-3H3. The van der Waals surface area contributed by atoms with E-state index < -0.39 is 0 Å². The Labute approximate surface area is 182 Å². The van der Waals surface area contributed by atoms with Crippen molar-refractivity contribution < 1.29 is 19.2 Å². The fourth-order valence-corrected chi connectivity index (χ4v) is 4.74. The molecule has 1 fully saturated rings. The summed E-state index contributed by atoms with van der Waals surface area (Å²) in [7, 11) is 1.65. The van der Waals surface area contributed by atoms with Crippen molar-refractivity contribution in [1.29, 1.82) is 0 Å². The van der Waals surface area contributed by atoms with Crippen molar-refractivity contribution in [2.45, 2.75) is 58.3 Å². The zero-order chi connectivity index (χ0) is 22.2. The van der Waals surface area contributed by atoms with Crippen LogP contribution >= 0.6 is 0 Å². The molecule has 6 heteroatoms. The summed E-state index contributed by atoms with van der Waals surface area (Å²) in [5.74, 6) is 0.647. The molecule has 0 radical (unpaired) electrons. The maximum atomic E-state index is 12.9. The number of allylic oxidation sites excluding steroid dienone is 2. The predicted molar refractivity (Wildman–Crippen MR) is 118 cm³/mol. The summed E-state index contributed by atoms with van der Waals surface area (Å²) in [6.45, 7) is 4.06. The van der Waals surface area contributed by atoms with Crippen LogP contribution in [0.25, 0.3) is 0 Å². The summed E-state index contributed by atoms with van der Waals surface area (Å²) in [6.07, 6.45) is 2.62. The third kappa shape index (κ3) is 4.24. The minimum absolute atomic E-state index is 0.0169. The quantitative estimate of drug-likeness (QED) is 0.567. The van der Waals surface area contributed by atoms with Crippen LogP contribution in [0.1, 0.15) is 72.8 Å². The van der Waals surface area contributed by atoms with Crippen molar-refractivity contribution in [1.82, 2.24) is 5.16 Å². The van der Waals surface area contributed by atoms with E-state index in [0.29, 0.717) is 60.4 Å². The van der Waals surface area contributed by atoms with E-state index in [4.69, 9.17) is 4.52 Å². The van der Waals surface area contributed by atoms with E-state index in [2.05, 4.69) is 10.1 Å². The number of aryl methyl sites for hydroxylation is 1. The molecule has 1 unspecified atom stereocenters. The second-order valence-electron chi connectivity index (χ2n) is 9.30. The highest BCUT2D eigenvalue weighted by Gasteiger charge is 2.36. The lowest BCUT2D eigenvalue weighted by Gasteiger charge is -2.31. The Kier molecular flexibility index (Phi) is 5.65. The van der Waals surface area contributed by atoms with E-state index in [9.17, 15) is 14.7 Å². The second kappa shape index (κ2) is 8.25. The molecule has 4 rings (SSSR count). The third-order valence-electron chi connectivity index (χ3n) is 6.26. The van der Waals surface area contributed by atoms with Gasteiger partial charge in [0, 0.05) is 44.9 Å². The molecule has 1 saturated carbocycles. The summed E-state index contributed by atoms with van der Waals surface area (Å²) in [5, 5.41) is 14.8. The van der Waals surface area contributed by atoms with Crippen molar-refractivity contribution >= 4 is 17.3 Å². The summed E-state index contributed by atoms with van der Waals surface area (Å²) < 4.78 is 5.52. The number of nitrogens with zero attached hydrogens (tertiary/aromatic N) is 2. The number of aliphatic imine (C=N–C) groups is 1. The summed E-state index contributed by atoms with van der Waals surface area (Å²) in [4.78, 5) is 29.8. The lowest BCUT2D eigenvalue weighted by Crippen LogP contribution is -2.32. The number of hydrogen-bond acceptors (Lipinski definition) is 6. The zero-order valence-electron chi connectivity index (χ0n) is 18.3. The first kappa shape index (κ1) is 21.2. The van der Waals surface area contributed by atoms with Gasteiger partial charge in [-0.2, -0.15) is 0 Å². The highest BCUT2D eigenvalue weighted by molar-refractivity contribution is 6.24. The molecule has 162 valence electrons. The monoisotopic (exact) mass is 420 g/mol. The lowest BCUT2D eigenvalue weighted by atomic mass is 9.73. The van der Waals surface area contributed by atoms with Gasteiger partial charge in [-0.3, -0.25) is 14.6 Å². The summed E-state index contributed by atoms with van der Waals surface area (Å²) in [5.41, 5.74) is 3.02. The van der Waals surface area contributed by atoms with Crippen molar-refractivity contribution in [3.8, 4) is 0 Å². The first-order valence-corrected chi connectivity index (χ1v) is 10.8. The molecule has 31 heavy (non-hydrogen) atoms. The number of aliphatic hydroxyl groups is 1. The van der Waals surface area contributed by atoms with Crippen LogP contribution in [0.4, 0.5) is 0 Å². The molecule has 0 bridgehead atoms. The van der Waals surface area contributed by atoms with Gasteiger partial charge in [-0.15, -0.1) is 0 Å². The first-order chi connectivity index (χ1) is 14.8. The molecular weight excluding hydrogens is 392 g/mol. The molecule has 0 saturated heterocycles. The Morgan fingerprint density at radius 2 is 1.90 bits per heavy atom. The molecule has 0 aliphatic heterocycles. The average Bonchev–Trinajstić information content (AvgIpc) is 3.15. The fraction of sp³-hybridized carbons (Fsp3) is 0.440. The van der Waals surface area contributed by atoms with Crippen LogP contribution in [0.2, 0.25) is 0 Å². The van der Waals surface area contributed by atoms with Crippen LogP contribution < -0.4 is 0 Å². The smallest absolute Gasteiger partial charge is 0.168 e. The molecule has 2 aromatic rings. The van der Waals surface area contributed by atoms with E-state index in [-0.39, 0.29) is 35.1 Å². The largest absolute Gasteiger partial charge is 0.511 e. The minimum atomic E-state index is -0.164. The van der Waals surface area contributed by atoms with Crippen molar-refractivity contribution in [3.05, 3.63) is 64.2 Å².